The molecule has 5 heterocycles. The summed E-state index contributed by atoms with van der Waals surface area (Å²) in [5, 5.41) is 12.5. The van der Waals surface area contributed by atoms with Crippen molar-refractivity contribution in [1.29, 1.82) is 0 Å². The highest BCUT2D eigenvalue weighted by molar-refractivity contribution is 6.34. The number of ether oxygens (including phenoxy) is 2. The smallest absolute Gasteiger partial charge is 0.231 e. The maximum Gasteiger partial charge on any atom is 0.231 e. The van der Waals surface area contributed by atoms with E-state index in [4.69, 9.17) is 25.6 Å². The van der Waals surface area contributed by atoms with E-state index in [1.54, 1.807) is 0 Å². The first-order chi connectivity index (χ1) is 20.6. The maximum atomic E-state index is 6.43. The summed E-state index contributed by atoms with van der Waals surface area (Å²) in [6, 6.07) is 0.999. The number of hydrogen-bond acceptors (Lipinski definition) is 8. The predicted molar refractivity (Wildman–Crippen MR) is 170 cm³/mol. The molecule has 1 saturated carbocycles. The molecule has 2 saturated heterocycles. The molecule has 6 rings (SSSR count). The number of nitrogens with one attached hydrogen (secondary N) is 1. The summed E-state index contributed by atoms with van der Waals surface area (Å²) in [6.07, 6.45) is 12.9. The topological polar surface area (TPSA) is 102 Å². The second-order valence-electron chi connectivity index (χ2n) is 10.7. The lowest BCUT2D eigenvalue weighted by atomic mass is 9.97. The lowest BCUT2D eigenvalue weighted by molar-refractivity contribution is -0.186. The standard InChI is InChI=1S/C20H26ClN5O3.C8H15N.2C2H6/c1-4-6-8-13-15(19-22-17(21)14-12(3)24-25-18(14)23-19)26-29-16(13)20(9-7-5-2)27-10-11-28-20;1-2-5-8(4-1)9-6-3-7-9;2*1-2/h4-11H2,1-3H3,(H,22,23,24,25);8H,1-7H2;2*1-2H3. The normalized spacial score (nSPS) is 18.0. The Labute approximate surface area is 257 Å². The van der Waals surface area contributed by atoms with Crippen LogP contribution in [0.1, 0.15) is 123 Å². The van der Waals surface area contributed by atoms with Crippen molar-refractivity contribution in [1.82, 2.24) is 30.2 Å². The van der Waals surface area contributed by atoms with Crippen molar-refractivity contribution in [2.75, 3.05) is 26.3 Å². The van der Waals surface area contributed by atoms with Crippen molar-refractivity contribution < 1.29 is 14.0 Å². The highest BCUT2D eigenvalue weighted by Crippen LogP contribution is 2.41. The Hall–Kier alpha value is -2.07. The minimum Gasteiger partial charge on any atom is -0.355 e. The summed E-state index contributed by atoms with van der Waals surface area (Å²) in [5.41, 5.74) is 2.84. The summed E-state index contributed by atoms with van der Waals surface area (Å²) >= 11 is 6.43. The molecule has 3 aromatic rings. The van der Waals surface area contributed by atoms with E-state index < -0.39 is 5.79 Å². The van der Waals surface area contributed by atoms with Gasteiger partial charge in [0.05, 0.1) is 18.6 Å². The second-order valence-corrected chi connectivity index (χ2v) is 11.1. The van der Waals surface area contributed by atoms with Crippen LogP contribution in [0.3, 0.4) is 0 Å². The molecule has 0 spiro atoms. The largest absolute Gasteiger partial charge is 0.355 e. The van der Waals surface area contributed by atoms with Crippen molar-refractivity contribution in [3.8, 4) is 11.5 Å². The summed E-state index contributed by atoms with van der Waals surface area (Å²) in [4.78, 5) is 11.7. The van der Waals surface area contributed by atoms with Crippen molar-refractivity contribution in [3.63, 3.8) is 0 Å². The van der Waals surface area contributed by atoms with Crippen molar-refractivity contribution in [2.24, 2.45) is 0 Å². The number of aromatic amines is 1. The number of fused-ring (bicyclic) bond motifs is 1. The van der Waals surface area contributed by atoms with Crippen LogP contribution >= 0.6 is 11.6 Å². The Morgan fingerprint density at radius 1 is 0.952 bits per heavy atom. The van der Waals surface area contributed by atoms with Crippen LogP contribution in [0, 0.1) is 6.92 Å². The van der Waals surface area contributed by atoms with Crippen LogP contribution in [0.15, 0.2) is 4.52 Å². The van der Waals surface area contributed by atoms with Gasteiger partial charge in [0.2, 0.25) is 5.79 Å². The van der Waals surface area contributed by atoms with Gasteiger partial charge in [-0.1, -0.05) is 84.0 Å². The van der Waals surface area contributed by atoms with Gasteiger partial charge in [-0.2, -0.15) is 5.10 Å². The molecule has 236 valence electrons. The molecule has 1 aliphatic carbocycles. The number of H-pyrrole nitrogens is 1. The molecule has 10 heteroatoms. The minimum atomic E-state index is -0.888. The van der Waals surface area contributed by atoms with Gasteiger partial charge in [0.1, 0.15) is 5.15 Å². The van der Waals surface area contributed by atoms with Gasteiger partial charge in [-0.05, 0) is 58.5 Å². The quantitative estimate of drug-likeness (QED) is 0.243. The van der Waals surface area contributed by atoms with Crippen molar-refractivity contribution >= 4 is 22.6 Å². The highest BCUT2D eigenvalue weighted by atomic mass is 35.5. The molecule has 0 aromatic carbocycles. The number of aryl methyl sites for hydroxylation is 1. The number of rotatable bonds is 9. The number of unbranched alkanes of at least 4 members (excludes halogenated alkanes) is 2. The van der Waals surface area contributed by atoms with Gasteiger partial charge in [-0.3, -0.25) is 5.10 Å². The van der Waals surface area contributed by atoms with E-state index in [1.807, 2.05) is 34.6 Å². The van der Waals surface area contributed by atoms with Gasteiger partial charge in [0, 0.05) is 23.7 Å². The third-order valence-corrected chi connectivity index (χ3v) is 8.29. The molecule has 2 aliphatic heterocycles. The minimum absolute atomic E-state index is 0.344. The SMILES string of the molecule is C1CCC(N2CCC2)C1.CC.CC.CCCCc1c(-c2nc(Cl)c3c(C)[nH]nc3n2)noc1C1(CCCC)OCCO1. The lowest BCUT2D eigenvalue weighted by Gasteiger charge is -2.36. The molecule has 3 aliphatic rings. The molecular weight excluding hydrogens is 552 g/mol. The fourth-order valence-corrected chi connectivity index (χ4v) is 6.03. The average molecular weight is 605 g/mol. The molecule has 0 radical (unpaired) electrons. The van der Waals surface area contributed by atoms with Crippen molar-refractivity contribution in [3.05, 3.63) is 22.2 Å². The van der Waals surface area contributed by atoms with E-state index in [-0.39, 0.29) is 0 Å². The van der Waals surface area contributed by atoms with Crippen LogP contribution < -0.4 is 0 Å². The van der Waals surface area contributed by atoms with E-state index in [2.05, 4.69) is 44.1 Å². The van der Waals surface area contributed by atoms with Gasteiger partial charge >= 0.3 is 0 Å². The number of aromatic nitrogens is 5. The Bertz CT molecular complexity index is 1200. The lowest BCUT2D eigenvalue weighted by Crippen LogP contribution is -2.43. The van der Waals surface area contributed by atoms with E-state index in [0.717, 1.165) is 61.2 Å². The van der Waals surface area contributed by atoms with Crippen LogP contribution in [-0.2, 0) is 21.7 Å². The van der Waals surface area contributed by atoms with Gasteiger partial charge in [0.25, 0.3) is 0 Å². The van der Waals surface area contributed by atoms with Gasteiger partial charge in [0.15, 0.2) is 22.9 Å². The first-order valence-electron chi connectivity index (χ1n) is 16.5. The van der Waals surface area contributed by atoms with Crippen LogP contribution in [-0.4, -0.2) is 62.6 Å². The fraction of sp³-hybridized carbons (Fsp3) is 0.750. The molecule has 3 fully saturated rings. The molecule has 0 atom stereocenters. The van der Waals surface area contributed by atoms with Crippen LogP contribution in [0.5, 0.6) is 0 Å². The summed E-state index contributed by atoms with van der Waals surface area (Å²) in [5.74, 6) is 0.143. The summed E-state index contributed by atoms with van der Waals surface area (Å²) < 4.78 is 17.9. The molecule has 0 amide bonds. The Morgan fingerprint density at radius 2 is 1.62 bits per heavy atom. The third kappa shape index (κ3) is 7.90. The maximum absolute atomic E-state index is 6.43. The van der Waals surface area contributed by atoms with Gasteiger partial charge < -0.3 is 18.9 Å². The summed E-state index contributed by atoms with van der Waals surface area (Å²) in [7, 11) is 0. The molecule has 9 nitrogen and oxygen atoms in total. The fourth-order valence-electron chi connectivity index (χ4n) is 5.72. The van der Waals surface area contributed by atoms with Crippen LogP contribution in [0.25, 0.3) is 22.6 Å². The van der Waals surface area contributed by atoms with E-state index in [1.165, 1.54) is 45.2 Å². The van der Waals surface area contributed by atoms with E-state index in [0.29, 0.717) is 41.3 Å². The molecule has 0 bridgehead atoms. The zero-order valence-electron chi connectivity index (χ0n) is 27.0. The van der Waals surface area contributed by atoms with Gasteiger partial charge in [-0.15, -0.1) is 0 Å². The second kappa shape index (κ2) is 17.3. The molecule has 0 unspecified atom stereocenters. The molecular formula is C32H53ClN6O3. The predicted octanol–water partition coefficient (Wildman–Crippen LogP) is 8.39. The van der Waals surface area contributed by atoms with Gasteiger partial charge in [-0.25, -0.2) is 9.97 Å². The average Bonchev–Trinajstić information content (AvgIpc) is 3.80. The Kier molecular flexibility index (Phi) is 14.2. The molecule has 1 N–H and O–H groups in total. The van der Waals surface area contributed by atoms with Crippen LogP contribution in [0.4, 0.5) is 0 Å². The number of halogens is 1. The molecule has 3 aromatic heterocycles. The summed E-state index contributed by atoms with van der Waals surface area (Å²) in [6.45, 7) is 18.0. The Morgan fingerprint density at radius 3 is 2.21 bits per heavy atom. The van der Waals surface area contributed by atoms with E-state index in [9.17, 15) is 0 Å². The number of nitrogens with zero attached hydrogens (tertiary/aromatic N) is 5. The third-order valence-electron chi connectivity index (χ3n) is 8.02. The first kappa shape index (κ1) is 34.4. The van der Waals surface area contributed by atoms with Crippen LogP contribution in [0.2, 0.25) is 5.15 Å². The monoisotopic (exact) mass is 604 g/mol. The number of hydrogen-bond donors (Lipinski definition) is 1. The molecule has 42 heavy (non-hydrogen) atoms. The number of likely N-dealkylation sites (tertiary alicyclic amines) is 1. The van der Waals surface area contributed by atoms with Crippen molar-refractivity contribution in [2.45, 2.75) is 131 Å². The Balaban J connectivity index is 0.000000310. The first-order valence-corrected chi connectivity index (χ1v) is 16.8. The van der Waals surface area contributed by atoms with E-state index >= 15 is 0 Å². The zero-order chi connectivity index (χ0) is 30.5. The highest BCUT2D eigenvalue weighted by Gasteiger charge is 2.44. The zero-order valence-corrected chi connectivity index (χ0v) is 27.8.